The number of rotatable bonds is 4. The molecule has 2 rings (SSSR count). The van der Waals surface area contributed by atoms with Crippen molar-refractivity contribution in [3.8, 4) is 0 Å². The first-order valence-electron chi connectivity index (χ1n) is 6.82. The van der Waals surface area contributed by atoms with Gasteiger partial charge in [-0.3, -0.25) is 11.3 Å². The molecular formula is C14H20F3N3S. The van der Waals surface area contributed by atoms with Crippen LogP contribution in [0.5, 0.6) is 0 Å². The Balaban J connectivity index is 2.11. The molecule has 3 nitrogen and oxygen atoms in total. The molecule has 0 spiro atoms. The van der Waals surface area contributed by atoms with Crippen LogP contribution in [0.3, 0.4) is 0 Å². The second-order valence-corrected chi connectivity index (χ2v) is 6.45. The highest BCUT2D eigenvalue weighted by Crippen LogP contribution is 2.30. The van der Waals surface area contributed by atoms with Crippen LogP contribution in [-0.2, 0) is 12.6 Å². The third-order valence-electron chi connectivity index (χ3n) is 3.83. The Bertz CT molecular complexity index is 467. The minimum Gasteiger partial charge on any atom is -0.300 e. The van der Waals surface area contributed by atoms with E-state index in [9.17, 15) is 13.2 Å². The van der Waals surface area contributed by atoms with Crippen LogP contribution in [0.4, 0.5) is 13.2 Å². The summed E-state index contributed by atoms with van der Waals surface area (Å²) >= 11 is 1.85. The lowest BCUT2D eigenvalue weighted by Gasteiger charge is -2.37. The third-order valence-corrected chi connectivity index (χ3v) is 4.88. The number of halogens is 3. The van der Waals surface area contributed by atoms with Crippen LogP contribution in [0.15, 0.2) is 24.3 Å². The summed E-state index contributed by atoms with van der Waals surface area (Å²) in [7, 11) is 2.03. The Hall–Kier alpha value is -0.760. The number of hydrazine groups is 1. The van der Waals surface area contributed by atoms with Crippen molar-refractivity contribution in [3.05, 3.63) is 35.4 Å². The van der Waals surface area contributed by atoms with Crippen LogP contribution in [0, 0.1) is 0 Å². The maximum Gasteiger partial charge on any atom is 0.416 e. The molecule has 2 atom stereocenters. The minimum absolute atomic E-state index is 0.0636. The van der Waals surface area contributed by atoms with Gasteiger partial charge in [-0.25, -0.2) is 0 Å². The van der Waals surface area contributed by atoms with Crippen LogP contribution in [0.2, 0.25) is 0 Å². The summed E-state index contributed by atoms with van der Waals surface area (Å²) < 4.78 is 38.3. The second-order valence-electron chi connectivity index (χ2n) is 5.30. The van der Waals surface area contributed by atoms with Crippen molar-refractivity contribution in [1.82, 2.24) is 10.3 Å². The number of nitrogens with zero attached hydrogens (tertiary/aromatic N) is 1. The summed E-state index contributed by atoms with van der Waals surface area (Å²) in [6.07, 6.45) is -3.82. The molecule has 1 aliphatic heterocycles. The quantitative estimate of drug-likeness (QED) is 0.659. The van der Waals surface area contributed by atoms with E-state index in [1.165, 1.54) is 12.1 Å². The molecule has 21 heavy (non-hydrogen) atoms. The number of likely N-dealkylation sites (N-methyl/N-ethyl adjacent to an activating group) is 1. The van der Waals surface area contributed by atoms with Gasteiger partial charge in [-0.1, -0.05) is 18.2 Å². The highest BCUT2D eigenvalue weighted by molar-refractivity contribution is 7.99. The topological polar surface area (TPSA) is 41.3 Å². The molecule has 1 aromatic rings. The molecule has 1 fully saturated rings. The summed E-state index contributed by atoms with van der Waals surface area (Å²) in [4.78, 5) is 2.22. The first-order chi connectivity index (χ1) is 9.91. The van der Waals surface area contributed by atoms with Crippen LogP contribution in [0.25, 0.3) is 0 Å². The van der Waals surface area contributed by atoms with E-state index in [1.807, 2.05) is 18.8 Å². The number of nitrogens with one attached hydrogen (secondary N) is 1. The van der Waals surface area contributed by atoms with Crippen molar-refractivity contribution in [3.63, 3.8) is 0 Å². The molecule has 1 aromatic carbocycles. The summed E-state index contributed by atoms with van der Waals surface area (Å²) in [6.45, 7) is 0.968. The standard InChI is InChI=1S/C14H20F3N3S/c1-20-5-6-21-9-13(20)12(19-18)8-10-3-2-4-11(7-10)14(15,16)17/h2-4,7,12-13,19H,5-6,8-9,18H2,1H3. The first kappa shape index (κ1) is 16.6. The van der Waals surface area contributed by atoms with Crippen molar-refractivity contribution in [2.45, 2.75) is 24.7 Å². The predicted octanol–water partition coefficient (Wildman–Crippen LogP) is 2.13. The lowest BCUT2D eigenvalue weighted by Crippen LogP contribution is -2.55. The van der Waals surface area contributed by atoms with E-state index < -0.39 is 11.7 Å². The molecule has 1 aliphatic rings. The molecule has 0 aromatic heterocycles. The number of alkyl halides is 3. The minimum atomic E-state index is -4.31. The second kappa shape index (κ2) is 7.00. The van der Waals surface area contributed by atoms with Crippen LogP contribution in [-0.4, -0.2) is 42.1 Å². The molecule has 0 amide bonds. The normalized spacial score (nSPS) is 22.2. The van der Waals surface area contributed by atoms with E-state index in [1.54, 1.807) is 6.07 Å². The molecular weight excluding hydrogens is 299 g/mol. The van der Waals surface area contributed by atoms with Gasteiger partial charge in [0.1, 0.15) is 0 Å². The molecule has 1 saturated heterocycles. The molecule has 2 unspecified atom stereocenters. The molecule has 118 valence electrons. The highest BCUT2D eigenvalue weighted by atomic mass is 32.2. The molecule has 1 heterocycles. The van der Waals surface area contributed by atoms with Crippen LogP contribution < -0.4 is 11.3 Å². The van der Waals surface area contributed by atoms with E-state index in [0.717, 1.165) is 24.1 Å². The van der Waals surface area contributed by atoms with Crippen LogP contribution >= 0.6 is 11.8 Å². The van der Waals surface area contributed by atoms with Gasteiger partial charge in [-0.05, 0) is 25.1 Å². The summed E-state index contributed by atoms with van der Waals surface area (Å²) in [5, 5.41) is 0. The lowest BCUT2D eigenvalue weighted by atomic mass is 9.98. The fraction of sp³-hybridized carbons (Fsp3) is 0.571. The summed E-state index contributed by atoms with van der Waals surface area (Å²) in [5.74, 6) is 7.64. The average Bonchev–Trinajstić information content (AvgIpc) is 2.45. The Morgan fingerprint density at radius 2 is 2.24 bits per heavy atom. The molecule has 7 heteroatoms. The SMILES string of the molecule is CN1CCSCC1C(Cc1cccc(C(F)(F)F)c1)NN. The summed E-state index contributed by atoms with van der Waals surface area (Å²) in [6, 6.07) is 5.63. The smallest absolute Gasteiger partial charge is 0.300 e. The number of thioether (sulfide) groups is 1. The van der Waals surface area contributed by atoms with E-state index in [-0.39, 0.29) is 12.1 Å². The zero-order valence-electron chi connectivity index (χ0n) is 11.9. The summed E-state index contributed by atoms with van der Waals surface area (Å²) in [5.41, 5.74) is 2.81. The van der Waals surface area contributed by atoms with Gasteiger partial charge < -0.3 is 4.90 Å². The van der Waals surface area contributed by atoms with Gasteiger partial charge in [-0.2, -0.15) is 24.9 Å². The Labute approximate surface area is 127 Å². The third kappa shape index (κ3) is 4.35. The largest absolute Gasteiger partial charge is 0.416 e. The fourth-order valence-electron chi connectivity index (χ4n) is 2.56. The van der Waals surface area contributed by atoms with Crippen molar-refractivity contribution < 1.29 is 13.2 Å². The molecule has 0 bridgehead atoms. The number of hydrogen-bond acceptors (Lipinski definition) is 4. The Morgan fingerprint density at radius 3 is 2.86 bits per heavy atom. The lowest BCUT2D eigenvalue weighted by molar-refractivity contribution is -0.137. The van der Waals surface area contributed by atoms with Gasteiger partial charge >= 0.3 is 6.18 Å². The predicted molar refractivity (Wildman–Crippen MR) is 80.0 cm³/mol. The van der Waals surface area contributed by atoms with E-state index in [4.69, 9.17) is 5.84 Å². The van der Waals surface area contributed by atoms with Crippen LogP contribution in [0.1, 0.15) is 11.1 Å². The van der Waals surface area contributed by atoms with Gasteiger partial charge in [0.25, 0.3) is 0 Å². The van der Waals surface area contributed by atoms with E-state index in [2.05, 4.69) is 10.3 Å². The highest BCUT2D eigenvalue weighted by Gasteiger charge is 2.31. The monoisotopic (exact) mass is 319 g/mol. The van der Waals surface area contributed by atoms with Crippen molar-refractivity contribution in [2.75, 3.05) is 25.1 Å². The van der Waals surface area contributed by atoms with Gasteiger partial charge in [0.2, 0.25) is 0 Å². The Kier molecular flexibility index (Phi) is 5.54. The maximum atomic E-state index is 12.8. The fourth-order valence-corrected chi connectivity index (χ4v) is 3.88. The van der Waals surface area contributed by atoms with Gasteiger partial charge in [0.15, 0.2) is 0 Å². The van der Waals surface area contributed by atoms with Crippen molar-refractivity contribution >= 4 is 11.8 Å². The maximum absolute atomic E-state index is 12.8. The molecule has 0 saturated carbocycles. The zero-order chi connectivity index (χ0) is 15.5. The van der Waals surface area contributed by atoms with Gasteiger partial charge in [0, 0.05) is 30.1 Å². The molecule has 0 aliphatic carbocycles. The number of nitrogens with two attached hydrogens (primary N) is 1. The number of benzene rings is 1. The van der Waals surface area contributed by atoms with Gasteiger partial charge in [-0.15, -0.1) is 0 Å². The zero-order valence-corrected chi connectivity index (χ0v) is 12.7. The van der Waals surface area contributed by atoms with Crippen molar-refractivity contribution in [1.29, 1.82) is 0 Å². The van der Waals surface area contributed by atoms with E-state index >= 15 is 0 Å². The number of hydrogen-bond donors (Lipinski definition) is 2. The van der Waals surface area contributed by atoms with E-state index in [0.29, 0.717) is 12.0 Å². The molecule has 0 radical (unpaired) electrons. The Morgan fingerprint density at radius 1 is 1.48 bits per heavy atom. The average molecular weight is 319 g/mol. The van der Waals surface area contributed by atoms with Gasteiger partial charge in [0.05, 0.1) is 5.56 Å². The first-order valence-corrected chi connectivity index (χ1v) is 7.97. The van der Waals surface area contributed by atoms with Crippen molar-refractivity contribution in [2.24, 2.45) is 5.84 Å². The molecule has 3 N–H and O–H groups in total.